The van der Waals surface area contributed by atoms with Crippen LogP contribution in [0, 0.1) is 0 Å². The molecule has 0 aromatic carbocycles. The van der Waals surface area contributed by atoms with Gasteiger partial charge in [0.2, 0.25) is 0 Å². The molecule has 0 atom stereocenters. The number of nitrogens with one attached hydrogen (secondary N) is 1. The van der Waals surface area contributed by atoms with E-state index in [0.717, 1.165) is 28.4 Å². The second-order valence-electron chi connectivity index (χ2n) is 5.90. The van der Waals surface area contributed by atoms with Crippen LogP contribution in [0.5, 0.6) is 0 Å². The van der Waals surface area contributed by atoms with Crippen molar-refractivity contribution in [1.29, 1.82) is 0 Å². The first-order valence-corrected chi connectivity index (χ1v) is 8.55. The molecule has 0 aliphatic carbocycles. The number of anilines is 1. The van der Waals surface area contributed by atoms with Crippen LogP contribution in [-0.2, 0) is 20.1 Å². The van der Waals surface area contributed by atoms with E-state index in [4.69, 9.17) is 0 Å². The Kier molecular flexibility index (Phi) is 8.70. The predicted molar refractivity (Wildman–Crippen MR) is 119 cm³/mol. The summed E-state index contributed by atoms with van der Waals surface area (Å²) in [6, 6.07) is 6.16. The van der Waals surface area contributed by atoms with Gasteiger partial charge in [-0.2, -0.15) is 0 Å². The largest absolute Gasteiger partial charge is 0.362 e. The number of halogens is 2. The molecule has 25 heavy (non-hydrogen) atoms. The van der Waals surface area contributed by atoms with Crippen LogP contribution >= 0.6 is 39.9 Å². The minimum Gasteiger partial charge on any atom is -0.362 e. The number of rotatable bonds is 5. The van der Waals surface area contributed by atoms with Gasteiger partial charge in [0.25, 0.3) is 0 Å². The zero-order valence-electron chi connectivity index (χ0n) is 15.3. The highest BCUT2D eigenvalue weighted by atomic mass is 127. The molecule has 0 radical (unpaired) electrons. The fraction of sp³-hybridized carbons (Fsp3) is 0.412. The molecule has 0 spiro atoms. The summed E-state index contributed by atoms with van der Waals surface area (Å²) in [6.07, 6.45) is 3.87. The van der Waals surface area contributed by atoms with Crippen molar-refractivity contribution in [2.75, 3.05) is 33.1 Å². The van der Waals surface area contributed by atoms with E-state index in [-0.39, 0.29) is 24.0 Å². The van der Waals surface area contributed by atoms with Crippen molar-refractivity contribution in [2.24, 2.45) is 12.0 Å². The molecule has 0 bridgehead atoms. The minimum absolute atomic E-state index is 0. The molecule has 2 aromatic rings. The number of aromatic nitrogens is 2. The molecule has 0 saturated heterocycles. The molecule has 0 aliphatic heterocycles. The van der Waals surface area contributed by atoms with Gasteiger partial charge in [0.1, 0.15) is 5.82 Å². The highest BCUT2D eigenvalue weighted by molar-refractivity contribution is 14.0. The Balaban J connectivity index is 0.00000312. The zero-order valence-corrected chi connectivity index (χ0v) is 19.2. The number of aryl methyl sites for hydroxylation is 1. The zero-order chi connectivity index (χ0) is 17.7. The average Bonchev–Trinajstić information content (AvgIpc) is 2.85. The first kappa shape index (κ1) is 21.8. The Morgan fingerprint density at radius 1 is 1.36 bits per heavy atom. The third-order valence-corrected chi connectivity index (χ3v) is 4.21. The maximum Gasteiger partial charge on any atom is 0.194 e. The van der Waals surface area contributed by atoms with E-state index in [1.807, 2.05) is 45.4 Å². The van der Waals surface area contributed by atoms with Gasteiger partial charge in [-0.15, -0.1) is 24.0 Å². The van der Waals surface area contributed by atoms with Crippen LogP contribution in [0.2, 0.25) is 0 Å². The maximum atomic E-state index is 4.43. The SMILES string of the molecule is CN=C(NCc1cccnc1N(C)C)N(C)Cc1cc(Br)cn1C.I. The lowest BCUT2D eigenvalue weighted by molar-refractivity contribution is 0.461. The van der Waals surface area contributed by atoms with Gasteiger partial charge in [0.05, 0.1) is 6.54 Å². The minimum atomic E-state index is 0. The Morgan fingerprint density at radius 2 is 2.08 bits per heavy atom. The van der Waals surface area contributed by atoms with Crippen LogP contribution in [0.1, 0.15) is 11.3 Å². The Morgan fingerprint density at radius 3 is 2.64 bits per heavy atom. The Bertz CT molecular complexity index is 713. The quantitative estimate of drug-likeness (QED) is 0.374. The summed E-state index contributed by atoms with van der Waals surface area (Å²) in [5.41, 5.74) is 2.35. The third kappa shape index (κ3) is 5.88. The van der Waals surface area contributed by atoms with Gasteiger partial charge in [-0.3, -0.25) is 4.99 Å². The summed E-state index contributed by atoms with van der Waals surface area (Å²) in [6.45, 7) is 1.45. The molecule has 0 aliphatic rings. The van der Waals surface area contributed by atoms with E-state index >= 15 is 0 Å². The van der Waals surface area contributed by atoms with E-state index in [0.29, 0.717) is 6.54 Å². The third-order valence-electron chi connectivity index (χ3n) is 3.78. The van der Waals surface area contributed by atoms with E-state index in [9.17, 15) is 0 Å². The van der Waals surface area contributed by atoms with E-state index < -0.39 is 0 Å². The van der Waals surface area contributed by atoms with Crippen molar-refractivity contribution >= 4 is 51.7 Å². The lowest BCUT2D eigenvalue weighted by Crippen LogP contribution is -2.38. The number of aliphatic imine (C=N–C) groups is 1. The summed E-state index contributed by atoms with van der Waals surface area (Å²) in [4.78, 5) is 12.9. The van der Waals surface area contributed by atoms with E-state index in [2.05, 4.69) is 59.0 Å². The van der Waals surface area contributed by atoms with Crippen molar-refractivity contribution in [1.82, 2.24) is 19.8 Å². The standard InChI is InChI=1S/C17H25BrN6.HI/c1-19-17(24(5)12-15-9-14(18)11-23(15)4)21-10-13-7-6-8-20-16(13)22(2)3;/h6-9,11H,10,12H2,1-5H3,(H,19,21);1H. The van der Waals surface area contributed by atoms with Gasteiger partial charge >= 0.3 is 0 Å². The van der Waals surface area contributed by atoms with Gasteiger partial charge in [0, 0.05) is 69.9 Å². The monoisotopic (exact) mass is 520 g/mol. The molecule has 0 unspecified atom stereocenters. The summed E-state index contributed by atoms with van der Waals surface area (Å²) >= 11 is 3.51. The van der Waals surface area contributed by atoms with Crippen LogP contribution in [0.25, 0.3) is 0 Å². The molecule has 0 amide bonds. The fourth-order valence-electron chi connectivity index (χ4n) is 2.57. The smallest absolute Gasteiger partial charge is 0.194 e. The second-order valence-corrected chi connectivity index (χ2v) is 6.81. The number of hydrogen-bond acceptors (Lipinski definition) is 3. The van der Waals surface area contributed by atoms with Crippen LogP contribution in [-0.4, -0.2) is 48.6 Å². The van der Waals surface area contributed by atoms with Crippen molar-refractivity contribution in [3.63, 3.8) is 0 Å². The van der Waals surface area contributed by atoms with Crippen LogP contribution in [0.4, 0.5) is 5.82 Å². The number of pyridine rings is 1. The first-order chi connectivity index (χ1) is 11.4. The van der Waals surface area contributed by atoms with Gasteiger partial charge in [-0.05, 0) is 28.1 Å². The van der Waals surface area contributed by atoms with Gasteiger partial charge < -0.3 is 19.7 Å². The highest BCUT2D eigenvalue weighted by Crippen LogP contribution is 2.16. The molecular weight excluding hydrogens is 495 g/mol. The highest BCUT2D eigenvalue weighted by Gasteiger charge is 2.11. The predicted octanol–water partition coefficient (Wildman–Crippen LogP) is 3.07. The van der Waals surface area contributed by atoms with Crippen LogP contribution < -0.4 is 10.2 Å². The molecule has 2 rings (SSSR count). The van der Waals surface area contributed by atoms with Crippen molar-refractivity contribution in [3.8, 4) is 0 Å². The molecule has 0 fully saturated rings. The lowest BCUT2D eigenvalue weighted by atomic mass is 10.2. The van der Waals surface area contributed by atoms with E-state index in [1.165, 1.54) is 5.69 Å². The molecule has 2 heterocycles. The van der Waals surface area contributed by atoms with Gasteiger partial charge in [0.15, 0.2) is 5.96 Å². The maximum absolute atomic E-state index is 4.43. The summed E-state index contributed by atoms with van der Waals surface area (Å²) in [5.74, 6) is 1.82. The molecule has 6 nitrogen and oxygen atoms in total. The molecule has 138 valence electrons. The van der Waals surface area contributed by atoms with Gasteiger partial charge in [-0.1, -0.05) is 6.07 Å². The summed E-state index contributed by atoms with van der Waals surface area (Å²) in [5, 5.41) is 3.42. The van der Waals surface area contributed by atoms with Crippen LogP contribution in [0.3, 0.4) is 0 Å². The topological polar surface area (TPSA) is 48.7 Å². The van der Waals surface area contributed by atoms with Crippen molar-refractivity contribution in [3.05, 3.63) is 46.3 Å². The first-order valence-electron chi connectivity index (χ1n) is 7.76. The Hall–Kier alpha value is -1.29. The second kappa shape index (κ2) is 10.0. The summed E-state index contributed by atoms with van der Waals surface area (Å²) < 4.78 is 3.20. The molecular formula is C17H26BrIN6. The number of guanidine groups is 1. The molecule has 8 heteroatoms. The van der Waals surface area contributed by atoms with Crippen molar-refractivity contribution < 1.29 is 0 Å². The molecule has 0 saturated carbocycles. The lowest BCUT2D eigenvalue weighted by Gasteiger charge is -2.23. The molecule has 2 aromatic heterocycles. The fourth-order valence-corrected chi connectivity index (χ4v) is 3.14. The van der Waals surface area contributed by atoms with Gasteiger partial charge in [-0.25, -0.2) is 4.98 Å². The summed E-state index contributed by atoms with van der Waals surface area (Å²) in [7, 11) is 9.88. The number of nitrogens with zero attached hydrogens (tertiary/aromatic N) is 5. The normalized spacial score (nSPS) is 11.0. The van der Waals surface area contributed by atoms with Crippen LogP contribution in [0.15, 0.2) is 40.1 Å². The van der Waals surface area contributed by atoms with E-state index in [1.54, 1.807) is 7.05 Å². The van der Waals surface area contributed by atoms with Crippen molar-refractivity contribution in [2.45, 2.75) is 13.1 Å². The Labute approximate surface area is 175 Å². The molecule has 1 N–H and O–H groups in total. The average molecular weight is 521 g/mol. The number of hydrogen-bond donors (Lipinski definition) is 1.